The van der Waals surface area contributed by atoms with Crippen LogP contribution in [0.25, 0.3) is 6.08 Å². The van der Waals surface area contributed by atoms with Crippen molar-refractivity contribution in [1.29, 1.82) is 0 Å². The molecular formula is C27H39NO6Si. The maximum atomic E-state index is 13.7. The number of benzene rings is 1. The highest BCUT2D eigenvalue weighted by Gasteiger charge is 2.62. The Bertz CT molecular complexity index is 951. The predicted molar refractivity (Wildman–Crippen MR) is 138 cm³/mol. The molecule has 2 heterocycles. The van der Waals surface area contributed by atoms with Crippen molar-refractivity contribution in [3.05, 3.63) is 53.7 Å². The first-order chi connectivity index (χ1) is 16.7. The highest BCUT2D eigenvalue weighted by atomic mass is 28.4. The Kier molecular flexibility index (Phi) is 8.88. The van der Waals surface area contributed by atoms with E-state index in [0.717, 1.165) is 30.1 Å². The average Bonchev–Trinajstić information content (AvgIpc) is 3.62. The van der Waals surface area contributed by atoms with Gasteiger partial charge in [-0.25, -0.2) is 0 Å². The lowest BCUT2D eigenvalue weighted by atomic mass is 9.82. The fourth-order valence-electron chi connectivity index (χ4n) is 4.74. The summed E-state index contributed by atoms with van der Waals surface area (Å²) in [6.45, 7) is 9.67. The number of aliphatic hydroxyl groups is 2. The van der Waals surface area contributed by atoms with E-state index in [2.05, 4.69) is 5.32 Å². The van der Waals surface area contributed by atoms with E-state index in [1.54, 1.807) is 6.08 Å². The lowest BCUT2D eigenvalue weighted by Gasteiger charge is -2.37. The van der Waals surface area contributed by atoms with Crippen LogP contribution >= 0.6 is 0 Å². The minimum atomic E-state index is -2.44. The van der Waals surface area contributed by atoms with Crippen molar-refractivity contribution in [2.75, 3.05) is 0 Å². The summed E-state index contributed by atoms with van der Waals surface area (Å²) in [6.07, 6.45) is 3.25. The molecule has 1 amide bonds. The predicted octanol–water partition coefficient (Wildman–Crippen LogP) is 3.58. The van der Waals surface area contributed by atoms with Crippen LogP contribution in [-0.2, 0) is 18.8 Å². The molecular weight excluding hydrogens is 462 g/mol. The molecule has 3 N–H and O–H groups in total. The number of ether oxygens (including phenoxy) is 1. The first kappa shape index (κ1) is 27.5. The molecule has 2 unspecified atom stereocenters. The van der Waals surface area contributed by atoms with Crippen LogP contribution < -0.4 is 5.32 Å². The number of aliphatic hydroxyl groups excluding tert-OH is 1. The number of hydrogen-bond acceptors (Lipinski definition) is 6. The summed E-state index contributed by atoms with van der Waals surface area (Å²) < 4.78 is 12.1. The minimum Gasteiger partial charge on any atom is -0.404 e. The molecule has 6 atom stereocenters. The van der Waals surface area contributed by atoms with Gasteiger partial charge in [0.25, 0.3) is 5.91 Å². The first-order valence-corrected chi connectivity index (χ1v) is 15.2. The normalized spacial score (nSPS) is 29.4. The van der Waals surface area contributed by atoms with Crippen molar-refractivity contribution in [2.24, 2.45) is 5.92 Å². The molecule has 0 spiro atoms. The number of carbonyl (C=O) groups is 2. The molecule has 0 bridgehead atoms. The summed E-state index contributed by atoms with van der Waals surface area (Å²) in [5.41, 5.74) is -1.27. The standard InChI is InChI=1S/C27H39NO6Si/c1-6-10-16-21-23(33-21)22(29)18(5)24(30)27(32)25(34-35(7-2,8-3)9-4)20(28-26(27)31)17-19-14-12-11-13-15-19/h10-18,21-23,25,29,32H,6-9H2,1-5H3,(H,28,31)/b16-10-,20-17-/t18?,21-,22?,23+,25+,27-/m1/s1. The first-order valence-electron chi connectivity index (χ1n) is 12.7. The van der Waals surface area contributed by atoms with E-state index < -0.39 is 49.8 Å². The van der Waals surface area contributed by atoms with Crippen LogP contribution in [-0.4, -0.2) is 60.2 Å². The van der Waals surface area contributed by atoms with Crippen LogP contribution in [0.3, 0.4) is 0 Å². The molecule has 1 aromatic rings. The second kappa shape index (κ2) is 11.3. The summed E-state index contributed by atoms with van der Waals surface area (Å²) in [7, 11) is -2.34. The number of ketones is 1. The summed E-state index contributed by atoms with van der Waals surface area (Å²) in [5, 5.41) is 25.3. The Labute approximate surface area is 209 Å². The minimum absolute atomic E-state index is 0.270. The quantitative estimate of drug-likeness (QED) is 0.175. The molecule has 8 heteroatoms. The number of rotatable bonds is 12. The van der Waals surface area contributed by atoms with Gasteiger partial charge in [0.05, 0.1) is 11.8 Å². The fourth-order valence-corrected chi connectivity index (χ4v) is 7.54. The third kappa shape index (κ3) is 5.52. The lowest BCUT2D eigenvalue weighted by Crippen LogP contribution is -2.59. The van der Waals surface area contributed by atoms with Crippen LogP contribution in [0.2, 0.25) is 18.1 Å². The van der Waals surface area contributed by atoms with E-state index in [-0.39, 0.29) is 6.10 Å². The van der Waals surface area contributed by atoms with Crippen LogP contribution in [0.15, 0.2) is 48.2 Å². The summed E-state index contributed by atoms with van der Waals surface area (Å²) in [4.78, 5) is 26.9. The van der Waals surface area contributed by atoms with Crippen molar-refractivity contribution in [3.63, 3.8) is 0 Å². The molecule has 0 aromatic heterocycles. The van der Waals surface area contributed by atoms with Crippen LogP contribution in [0.5, 0.6) is 0 Å². The van der Waals surface area contributed by atoms with Crippen molar-refractivity contribution >= 4 is 26.1 Å². The molecule has 2 aliphatic rings. The SMILES string of the molecule is CC/C=C\[C@H]1O[C@@H]1C(O)C(C)C(=O)[C@]1(O)C(=O)N/C(=C\c2ccccc2)[C@@H]1O[Si](CC)(CC)CC. The van der Waals surface area contributed by atoms with Crippen molar-refractivity contribution in [3.8, 4) is 0 Å². The number of hydrogen-bond donors (Lipinski definition) is 3. The summed E-state index contributed by atoms with van der Waals surface area (Å²) in [5.74, 6) is -2.61. The molecule has 1 aromatic carbocycles. The number of carbonyl (C=O) groups excluding carboxylic acids is 2. The van der Waals surface area contributed by atoms with E-state index in [1.165, 1.54) is 6.92 Å². The largest absolute Gasteiger partial charge is 0.404 e. The molecule has 2 saturated heterocycles. The molecule has 3 rings (SSSR count). The number of epoxide rings is 1. The highest BCUT2D eigenvalue weighted by molar-refractivity contribution is 6.73. The third-order valence-electron chi connectivity index (χ3n) is 7.45. The van der Waals surface area contributed by atoms with Gasteiger partial charge in [-0.05, 0) is 36.2 Å². The van der Waals surface area contributed by atoms with Crippen LogP contribution in [0.1, 0.15) is 46.6 Å². The second-order valence-corrected chi connectivity index (χ2v) is 14.2. The molecule has 35 heavy (non-hydrogen) atoms. The van der Waals surface area contributed by atoms with E-state index in [1.807, 2.05) is 70.2 Å². The van der Waals surface area contributed by atoms with Crippen molar-refractivity contribution in [1.82, 2.24) is 5.32 Å². The molecule has 0 radical (unpaired) electrons. The van der Waals surface area contributed by atoms with E-state index in [0.29, 0.717) is 5.70 Å². The fraction of sp³-hybridized carbons (Fsp3) is 0.556. The highest BCUT2D eigenvalue weighted by Crippen LogP contribution is 2.38. The zero-order valence-corrected chi connectivity index (χ0v) is 22.4. The molecule has 192 valence electrons. The monoisotopic (exact) mass is 501 g/mol. The molecule has 0 saturated carbocycles. The van der Waals surface area contributed by atoms with E-state index >= 15 is 0 Å². The summed E-state index contributed by atoms with van der Waals surface area (Å²) >= 11 is 0. The molecule has 7 nitrogen and oxygen atoms in total. The zero-order valence-electron chi connectivity index (χ0n) is 21.4. The third-order valence-corrected chi connectivity index (χ3v) is 12.1. The average molecular weight is 502 g/mol. The Morgan fingerprint density at radius 3 is 2.40 bits per heavy atom. The van der Waals surface area contributed by atoms with Crippen LogP contribution in [0, 0.1) is 5.92 Å². The summed E-state index contributed by atoms with van der Waals surface area (Å²) in [6, 6.07) is 11.7. The maximum Gasteiger partial charge on any atom is 0.267 e. The van der Waals surface area contributed by atoms with Gasteiger partial charge >= 0.3 is 0 Å². The zero-order chi connectivity index (χ0) is 25.8. The van der Waals surface area contributed by atoms with Crippen LogP contribution in [0.4, 0.5) is 0 Å². The van der Waals surface area contributed by atoms with E-state index in [4.69, 9.17) is 9.16 Å². The Balaban J connectivity index is 1.96. The number of allylic oxidation sites excluding steroid dienone is 1. The molecule has 2 aliphatic heterocycles. The van der Waals surface area contributed by atoms with Gasteiger partial charge in [-0.2, -0.15) is 0 Å². The smallest absolute Gasteiger partial charge is 0.267 e. The lowest BCUT2D eigenvalue weighted by molar-refractivity contribution is -0.160. The number of amides is 1. The second-order valence-electron chi connectivity index (χ2n) is 9.52. The molecule has 0 aliphatic carbocycles. The Hall–Kier alpha value is -2.10. The number of nitrogens with one attached hydrogen (secondary N) is 1. The van der Waals surface area contributed by atoms with Gasteiger partial charge in [0.15, 0.2) is 14.1 Å². The van der Waals surface area contributed by atoms with Gasteiger partial charge in [-0.15, -0.1) is 0 Å². The van der Waals surface area contributed by atoms with Gasteiger partial charge in [-0.1, -0.05) is 77.1 Å². The molecule has 2 fully saturated rings. The van der Waals surface area contributed by atoms with Crippen molar-refractivity contribution < 1.29 is 29.0 Å². The van der Waals surface area contributed by atoms with Crippen molar-refractivity contribution in [2.45, 2.75) is 89.2 Å². The van der Waals surface area contributed by atoms with Gasteiger partial charge in [0.2, 0.25) is 5.60 Å². The van der Waals surface area contributed by atoms with E-state index in [9.17, 15) is 19.8 Å². The Morgan fingerprint density at radius 1 is 1.20 bits per heavy atom. The van der Waals surface area contributed by atoms with Gasteiger partial charge < -0.3 is 24.7 Å². The van der Waals surface area contributed by atoms with Gasteiger partial charge in [0.1, 0.15) is 18.3 Å². The van der Waals surface area contributed by atoms with Gasteiger partial charge in [0, 0.05) is 5.92 Å². The maximum absolute atomic E-state index is 13.7. The number of Topliss-reactive ketones (excluding diaryl/α,β-unsaturated/α-hetero) is 1. The Morgan fingerprint density at radius 2 is 1.83 bits per heavy atom. The van der Waals surface area contributed by atoms with Gasteiger partial charge in [-0.3, -0.25) is 9.59 Å². The topological polar surface area (TPSA) is 108 Å².